The van der Waals surface area contributed by atoms with Crippen molar-refractivity contribution >= 4 is 17.4 Å². The van der Waals surface area contributed by atoms with Crippen LogP contribution in [0.2, 0.25) is 5.02 Å². The topological polar surface area (TPSA) is 29.1 Å². The summed E-state index contributed by atoms with van der Waals surface area (Å²) in [5.74, 6) is -0.242. The summed E-state index contributed by atoms with van der Waals surface area (Å²) in [4.78, 5) is 11.8. The van der Waals surface area contributed by atoms with Crippen molar-refractivity contribution in [2.24, 2.45) is 5.92 Å². The number of halogens is 2. The molecule has 1 aromatic rings. The molecule has 86 valence electrons. The van der Waals surface area contributed by atoms with Crippen LogP contribution in [0.1, 0.15) is 12.0 Å². The van der Waals surface area contributed by atoms with E-state index in [-0.39, 0.29) is 23.9 Å². The lowest BCUT2D eigenvalue weighted by molar-refractivity contribution is -0.121. The normalized spacial score (nSPS) is 20.0. The van der Waals surface area contributed by atoms with Crippen LogP contribution in [-0.4, -0.2) is 18.9 Å². The number of hydrogen-bond donors (Lipinski definition) is 1. The van der Waals surface area contributed by atoms with E-state index < -0.39 is 0 Å². The fourth-order valence-electron chi connectivity index (χ4n) is 1.94. The van der Waals surface area contributed by atoms with Crippen LogP contribution in [0.5, 0.6) is 0 Å². The van der Waals surface area contributed by atoms with Crippen molar-refractivity contribution in [3.63, 3.8) is 0 Å². The minimum atomic E-state index is -0.358. The molecule has 2 nitrogen and oxygen atoms in total. The van der Waals surface area contributed by atoms with Gasteiger partial charge in [-0.05, 0) is 36.7 Å². The van der Waals surface area contributed by atoms with Crippen molar-refractivity contribution in [3.8, 4) is 0 Å². The zero-order valence-corrected chi connectivity index (χ0v) is 9.56. The Kier molecular flexibility index (Phi) is 3.56. The molecule has 1 atom stereocenters. The van der Waals surface area contributed by atoms with Gasteiger partial charge in [-0.25, -0.2) is 4.39 Å². The maximum atomic E-state index is 13.4. The summed E-state index contributed by atoms with van der Waals surface area (Å²) in [6.45, 7) is 1.58. The van der Waals surface area contributed by atoms with Crippen LogP contribution < -0.4 is 5.32 Å². The van der Waals surface area contributed by atoms with Gasteiger partial charge in [-0.3, -0.25) is 4.79 Å². The summed E-state index contributed by atoms with van der Waals surface area (Å²) in [6.07, 6.45) is 0.986. The highest BCUT2D eigenvalue weighted by molar-refractivity contribution is 6.30. The first-order valence-electron chi connectivity index (χ1n) is 5.34. The molecule has 4 heteroatoms. The molecular weight excluding hydrogens is 229 g/mol. The molecule has 0 radical (unpaired) electrons. The monoisotopic (exact) mass is 241 g/mol. The molecule has 0 amide bonds. The zero-order chi connectivity index (χ0) is 11.5. The maximum absolute atomic E-state index is 13.4. The van der Waals surface area contributed by atoms with Crippen LogP contribution in [0.15, 0.2) is 18.2 Å². The van der Waals surface area contributed by atoms with Gasteiger partial charge in [-0.1, -0.05) is 11.6 Å². The summed E-state index contributed by atoms with van der Waals surface area (Å²) < 4.78 is 13.4. The molecule has 0 aromatic heterocycles. The molecule has 0 saturated carbocycles. The molecule has 1 N–H and O–H groups in total. The molecule has 1 unspecified atom stereocenters. The Bertz CT molecular complexity index is 402. The second-order valence-electron chi connectivity index (χ2n) is 4.07. The van der Waals surface area contributed by atoms with Crippen LogP contribution in [0.4, 0.5) is 4.39 Å². The number of ketones is 1. The third kappa shape index (κ3) is 2.60. The predicted molar refractivity (Wildman–Crippen MR) is 61.1 cm³/mol. The Labute approximate surface area is 98.8 Å². The standard InChI is InChI=1S/C12H13ClFNO/c13-10-1-2-11(14)9(5-10)6-12(16)8-3-4-15-7-8/h1-2,5,8,15H,3-4,6-7H2. The summed E-state index contributed by atoms with van der Waals surface area (Å²) >= 11 is 5.77. The first kappa shape index (κ1) is 11.6. The Balaban J connectivity index is 2.07. The van der Waals surface area contributed by atoms with Crippen molar-refractivity contribution in [2.45, 2.75) is 12.8 Å². The highest BCUT2D eigenvalue weighted by Crippen LogP contribution is 2.18. The van der Waals surface area contributed by atoms with E-state index in [0.717, 1.165) is 13.0 Å². The SMILES string of the molecule is O=C(Cc1cc(Cl)ccc1F)C1CCNC1. The van der Waals surface area contributed by atoms with Gasteiger partial charge >= 0.3 is 0 Å². The Hall–Kier alpha value is -0.930. The van der Waals surface area contributed by atoms with Crippen LogP contribution >= 0.6 is 11.6 Å². The molecule has 1 fully saturated rings. The van der Waals surface area contributed by atoms with Crippen molar-refractivity contribution in [1.82, 2.24) is 5.32 Å². The number of Topliss-reactive ketones (excluding diaryl/α,β-unsaturated/α-hetero) is 1. The minimum Gasteiger partial charge on any atom is -0.316 e. The quantitative estimate of drug-likeness (QED) is 0.879. The molecule has 1 aliphatic heterocycles. The van der Waals surface area contributed by atoms with E-state index in [2.05, 4.69) is 5.32 Å². The van der Waals surface area contributed by atoms with Crippen LogP contribution in [0.3, 0.4) is 0 Å². The third-order valence-corrected chi connectivity index (χ3v) is 3.12. The van der Waals surface area contributed by atoms with Crippen LogP contribution in [-0.2, 0) is 11.2 Å². The number of benzene rings is 1. The highest BCUT2D eigenvalue weighted by Gasteiger charge is 2.23. The Morgan fingerprint density at radius 2 is 2.38 bits per heavy atom. The van der Waals surface area contributed by atoms with Crippen LogP contribution in [0.25, 0.3) is 0 Å². The summed E-state index contributed by atoms with van der Waals surface area (Å²) in [5.41, 5.74) is 0.393. The molecule has 0 aliphatic carbocycles. The molecular formula is C12H13ClFNO. The first-order chi connectivity index (χ1) is 7.66. The Morgan fingerprint density at radius 1 is 1.56 bits per heavy atom. The lowest BCUT2D eigenvalue weighted by atomic mass is 9.97. The molecule has 0 bridgehead atoms. The van der Waals surface area contributed by atoms with Gasteiger partial charge in [-0.2, -0.15) is 0 Å². The van der Waals surface area contributed by atoms with Crippen molar-refractivity contribution < 1.29 is 9.18 Å². The highest BCUT2D eigenvalue weighted by atomic mass is 35.5. The number of nitrogens with one attached hydrogen (secondary N) is 1. The molecule has 1 saturated heterocycles. The van der Waals surface area contributed by atoms with Gasteiger partial charge in [-0.15, -0.1) is 0 Å². The predicted octanol–water partition coefficient (Wildman–Crippen LogP) is 2.20. The summed E-state index contributed by atoms with van der Waals surface area (Å²) in [7, 11) is 0. The van der Waals surface area contributed by atoms with E-state index in [0.29, 0.717) is 17.1 Å². The summed E-state index contributed by atoms with van der Waals surface area (Å²) in [5, 5.41) is 3.59. The van der Waals surface area contributed by atoms with Gasteiger partial charge in [0.2, 0.25) is 0 Å². The lowest BCUT2D eigenvalue weighted by Crippen LogP contribution is -2.20. The number of hydrogen-bond acceptors (Lipinski definition) is 2. The second-order valence-corrected chi connectivity index (χ2v) is 4.50. The van der Waals surface area contributed by atoms with Crippen molar-refractivity contribution in [3.05, 3.63) is 34.6 Å². The van der Waals surface area contributed by atoms with Gasteiger partial charge in [0.25, 0.3) is 0 Å². The van der Waals surface area contributed by atoms with Crippen molar-refractivity contribution in [1.29, 1.82) is 0 Å². The maximum Gasteiger partial charge on any atom is 0.141 e. The van der Waals surface area contributed by atoms with Gasteiger partial charge < -0.3 is 5.32 Å². The zero-order valence-electron chi connectivity index (χ0n) is 8.80. The van der Waals surface area contributed by atoms with E-state index in [1.165, 1.54) is 18.2 Å². The molecule has 1 aliphatic rings. The average Bonchev–Trinajstić information content (AvgIpc) is 2.76. The first-order valence-corrected chi connectivity index (χ1v) is 5.72. The fraction of sp³-hybridized carbons (Fsp3) is 0.417. The van der Waals surface area contributed by atoms with E-state index in [9.17, 15) is 9.18 Å². The van der Waals surface area contributed by atoms with Gasteiger partial charge in [0, 0.05) is 23.9 Å². The minimum absolute atomic E-state index is 0.0263. The van der Waals surface area contributed by atoms with Crippen molar-refractivity contribution in [2.75, 3.05) is 13.1 Å². The summed E-state index contributed by atoms with van der Waals surface area (Å²) in [6, 6.07) is 4.32. The lowest BCUT2D eigenvalue weighted by Gasteiger charge is -2.08. The smallest absolute Gasteiger partial charge is 0.141 e. The fourth-order valence-corrected chi connectivity index (χ4v) is 2.13. The van der Waals surface area contributed by atoms with E-state index >= 15 is 0 Å². The molecule has 1 aromatic carbocycles. The van der Waals surface area contributed by atoms with Gasteiger partial charge in [0.1, 0.15) is 11.6 Å². The number of rotatable bonds is 3. The molecule has 1 heterocycles. The number of carbonyl (C=O) groups is 1. The van der Waals surface area contributed by atoms with Gasteiger partial charge in [0.15, 0.2) is 0 Å². The average molecular weight is 242 g/mol. The molecule has 2 rings (SSSR count). The largest absolute Gasteiger partial charge is 0.316 e. The molecule has 16 heavy (non-hydrogen) atoms. The van der Waals surface area contributed by atoms with E-state index in [1.807, 2.05) is 0 Å². The number of carbonyl (C=O) groups excluding carboxylic acids is 1. The Morgan fingerprint density at radius 3 is 3.06 bits per heavy atom. The third-order valence-electron chi connectivity index (χ3n) is 2.89. The van der Waals surface area contributed by atoms with Gasteiger partial charge in [0.05, 0.1) is 0 Å². The van der Waals surface area contributed by atoms with E-state index in [1.54, 1.807) is 0 Å². The van der Waals surface area contributed by atoms with Crippen LogP contribution in [0, 0.1) is 11.7 Å². The second kappa shape index (κ2) is 4.93. The van der Waals surface area contributed by atoms with E-state index in [4.69, 9.17) is 11.6 Å². The molecule has 0 spiro atoms.